The summed E-state index contributed by atoms with van der Waals surface area (Å²) in [5, 5.41) is 11.2. The number of rotatable bonds is 2. The van der Waals surface area contributed by atoms with Gasteiger partial charge in [0.05, 0.1) is 4.92 Å². The third-order valence-electron chi connectivity index (χ3n) is 1.94. The zero-order valence-electron chi connectivity index (χ0n) is 9.50. The van der Waals surface area contributed by atoms with Crippen LogP contribution in [0.5, 0.6) is 0 Å². The van der Waals surface area contributed by atoms with E-state index in [0.717, 1.165) is 5.56 Å². The smallest absolute Gasteiger partial charge is 0.258 e. The monoisotopic (exact) mass is 229 g/mol. The summed E-state index contributed by atoms with van der Waals surface area (Å²) in [6, 6.07) is 3.18. The largest absolute Gasteiger partial charge is 0.272 e. The fourth-order valence-electron chi connectivity index (χ4n) is 1.17. The predicted octanol–water partition coefficient (Wildman–Crippen LogP) is 4.15. The maximum absolute atomic E-state index is 10.6. The first-order valence-corrected chi connectivity index (χ1v) is 5.37. The van der Waals surface area contributed by atoms with E-state index in [2.05, 4.69) is 0 Å². The van der Waals surface area contributed by atoms with Crippen molar-refractivity contribution in [2.45, 2.75) is 34.1 Å². The molecule has 0 aromatic heterocycles. The van der Waals surface area contributed by atoms with Gasteiger partial charge in [0.2, 0.25) is 0 Å². The second kappa shape index (κ2) is 6.40. The van der Waals surface area contributed by atoms with Crippen LogP contribution in [0.2, 0.25) is 5.02 Å². The molecule has 3 nitrogen and oxygen atoms in total. The van der Waals surface area contributed by atoms with E-state index in [1.807, 2.05) is 20.8 Å². The first-order chi connectivity index (χ1) is 7.06. The number of benzene rings is 1. The highest BCUT2D eigenvalue weighted by molar-refractivity contribution is 6.31. The highest BCUT2D eigenvalue weighted by atomic mass is 35.5. The number of nitrogens with zero attached hydrogens (tertiary/aromatic N) is 1. The zero-order chi connectivity index (χ0) is 12.0. The molecule has 0 aliphatic carbocycles. The SMILES string of the molecule is CC.CCc1cc([N+](=O)[O-])c(C)cc1Cl. The van der Waals surface area contributed by atoms with Crippen molar-refractivity contribution in [1.29, 1.82) is 0 Å². The standard InChI is InChI=1S/C9H10ClNO2.C2H6/c1-3-7-5-9(11(12)13)6(2)4-8(7)10;1-2/h4-5H,3H2,1-2H3;1-2H3. The molecule has 1 aromatic rings. The minimum Gasteiger partial charge on any atom is -0.258 e. The molecule has 0 amide bonds. The molecule has 1 aromatic carbocycles. The van der Waals surface area contributed by atoms with Gasteiger partial charge in [-0.25, -0.2) is 0 Å². The van der Waals surface area contributed by atoms with Gasteiger partial charge in [0.25, 0.3) is 5.69 Å². The van der Waals surface area contributed by atoms with E-state index < -0.39 is 0 Å². The van der Waals surface area contributed by atoms with Crippen molar-refractivity contribution in [3.63, 3.8) is 0 Å². The predicted molar refractivity (Wildman–Crippen MR) is 63.6 cm³/mol. The normalized spacial score (nSPS) is 9.13. The summed E-state index contributed by atoms with van der Waals surface area (Å²) in [6.45, 7) is 7.60. The van der Waals surface area contributed by atoms with Gasteiger partial charge in [0, 0.05) is 16.7 Å². The summed E-state index contributed by atoms with van der Waals surface area (Å²) in [4.78, 5) is 10.2. The van der Waals surface area contributed by atoms with Crippen molar-refractivity contribution in [3.8, 4) is 0 Å². The summed E-state index contributed by atoms with van der Waals surface area (Å²) < 4.78 is 0. The molecular formula is C11H16ClNO2. The number of hydrogen-bond acceptors (Lipinski definition) is 2. The minimum atomic E-state index is -0.384. The summed E-state index contributed by atoms with van der Waals surface area (Å²) in [5.74, 6) is 0. The van der Waals surface area contributed by atoms with Crippen LogP contribution in [0.1, 0.15) is 31.9 Å². The lowest BCUT2D eigenvalue weighted by molar-refractivity contribution is -0.385. The maximum atomic E-state index is 10.6. The van der Waals surface area contributed by atoms with Crippen LogP contribution in [0.15, 0.2) is 12.1 Å². The molecule has 0 unspecified atom stereocenters. The first-order valence-electron chi connectivity index (χ1n) is 4.99. The molecule has 0 atom stereocenters. The number of nitro groups is 1. The molecule has 0 aliphatic heterocycles. The Bertz CT molecular complexity index is 351. The quantitative estimate of drug-likeness (QED) is 0.565. The molecule has 15 heavy (non-hydrogen) atoms. The molecule has 0 bridgehead atoms. The van der Waals surface area contributed by atoms with E-state index in [-0.39, 0.29) is 10.6 Å². The number of aryl methyl sites for hydroxylation is 2. The third-order valence-corrected chi connectivity index (χ3v) is 2.29. The van der Waals surface area contributed by atoms with Gasteiger partial charge in [0.15, 0.2) is 0 Å². The zero-order valence-corrected chi connectivity index (χ0v) is 10.3. The Morgan fingerprint density at radius 2 is 1.93 bits per heavy atom. The molecule has 1 rings (SSSR count). The molecule has 84 valence electrons. The molecule has 0 fully saturated rings. The Labute approximate surface area is 95.2 Å². The fraction of sp³-hybridized carbons (Fsp3) is 0.455. The molecular weight excluding hydrogens is 214 g/mol. The van der Waals surface area contributed by atoms with Gasteiger partial charge in [-0.2, -0.15) is 0 Å². The van der Waals surface area contributed by atoms with Crippen molar-refractivity contribution >= 4 is 17.3 Å². The Morgan fingerprint density at radius 3 is 2.33 bits per heavy atom. The summed E-state index contributed by atoms with van der Waals surface area (Å²) in [5.41, 5.74) is 1.56. The summed E-state index contributed by atoms with van der Waals surface area (Å²) in [6.07, 6.45) is 0.708. The van der Waals surface area contributed by atoms with Gasteiger partial charge in [-0.3, -0.25) is 10.1 Å². The Kier molecular flexibility index (Phi) is 5.94. The Hall–Kier alpha value is -1.09. The molecule has 0 radical (unpaired) electrons. The van der Waals surface area contributed by atoms with Gasteiger partial charge < -0.3 is 0 Å². The fourth-order valence-corrected chi connectivity index (χ4v) is 1.52. The molecule has 4 heteroatoms. The van der Waals surface area contributed by atoms with Crippen molar-refractivity contribution in [3.05, 3.63) is 38.4 Å². The maximum Gasteiger partial charge on any atom is 0.272 e. The lowest BCUT2D eigenvalue weighted by Crippen LogP contribution is -1.94. The Morgan fingerprint density at radius 1 is 1.40 bits per heavy atom. The minimum absolute atomic E-state index is 0.140. The topological polar surface area (TPSA) is 43.1 Å². The van der Waals surface area contributed by atoms with Crippen molar-refractivity contribution in [2.24, 2.45) is 0 Å². The van der Waals surface area contributed by atoms with Gasteiger partial charge in [-0.1, -0.05) is 32.4 Å². The highest BCUT2D eigenvalue weighted by Crippen LogP contribution is 2.26. The van der Waals surface area contributed by atoms with Crippen LogP contribution >= 0.6 is 11.6 Å². The van der Waals surface area contributed by atoms with Gasteiger partial charge in [-0.05, 0) is 25.0 Å². The molecule has 0 heterocycles. The van der Waals surface area contributed by atoms with E-state index in [4.69, 9.17) is 11.6 Å². The van der Waals surface area contributed by atoms with Crippen LogP contribution < -0.4 is 0 Å². The summed E-state index contributed by atoms with van der Waals surface area (Å²) >= 11 is 5.88. The van der Waals surface area contributed by atoms with E-state index in [1.165, 1.54) is 6.07 Å². The van der Waals surface area contributed by atoms with Crippen molar-refractivity contribution < 1.29 is 4.92 Å². The Balaban J connectivity index is 0.000000921. The van der Waals surface area contributed by atoms with Crippen LogP contribution in [0.4, 0.5) is 5.69 Å². The first kappa shape index (κ1) is 13.9. The summed E-state index contributed by atoms with van der Waals surface area (Å²) in [7, 11) is 0. The number of nitro benzene ring substituents is 1. The van der Waals surface area contributed by atoms with Crippen molar-refractivity contribution in [2.75, 3.05) is 0 Å². The lowest BCUT2D eigenvalue weighted by Gasteiger charge is -2.02. The van der Waals surface area contributed by atoms with Crippen LogP contribution in [-0.4, -0.2) is 4.92 Å². The number of halogens is 1. The average Bonchev–Trinajstić information content (AvgIpc) is 2.20. The van der Waals surface area contributed by atoms with Crippen LogP contribution in [0.25, 0.3) is 0 Å². The van der Waals surface area contributed by atoms with E-state index in [0.29, 0.717) is 17.0 Å². The molecule has 0 saturated carbocycles. The number of hydrogen-bond donors (Lipinski definition) is 0. The average molecular weight is 230 g/mol. The molecule has 0 saturated heterocycles. The second-order valence-electron chi connectivity index (χ2n) is 2.84. The third kappa shape index (κ3) is 3.51. The van der Waals surface area contributed by atoms with Gasteiger partial charge in [-0.15, -0.1) is 0 Å². The second-order valence-corrected chi connectivity index (χ2v) is 3.25. The van der Waals surface area contributed by atoms with Gasteiger partial charge >= 0.3 is 0 Å². The molecule has 0 spiro atoms. The van der Waals surface area contributed by atoms with E-state index in [1.54, 1.807) is 13.0 Å². The van der Waals surface area contributed by atoms with E-state index >= 15 is 0 Å². The molecule has 0 N–H and O–H groups in total. The van der Waals surface area contributed by atoms with Gasteiger partial charge in [0.1, 0.15) is 0 Å². The molecule has 0 aliphatic rings. The van der Waals surface area contributed by atoms with Crippen LogP contribution in [-0.2, 0) is 6.42 Å². The van der Waals surface area contributed by atoms with Crippen LogP contribution in [0, 0.1) is 17.0 Å². The van der Waals surface area contributed by atoms with Crippen LogP contribution in [0.3, 0.4) is 0 Å². The lowest BCUT2D eigenvalue weighted by atomic mass is 10.1. The van der Waals surface area contributed by atoms with E-state index in [9.17, 15) is 10.1 Å². The highest BCUT2D eigenvalue weighted by Gasteiger charge is 2.12. The van der Waals surface area contributed by atoms with Crippen molar-refractivity contribution in [1.82, 2.24) is 0 Å².